The van der Waals surface area contributed by atoms with Gasteiger partial charge < -0.3 is 18.8 Å². The lowest BCUT2D eigenvalue weighted by Gasteiger charge is -2.32. The first-order valence-corrected chi connectivity index (χ1v) is 7.47. The van der Waals surface area contributed by atoms with E-state index in [-0.39, 0.29) is 18.3 Å². The number of hydrogen-bond donors (Lipinski definition) is 0. The van der Waals surface area contributed by atoms with Crippen molar-refractivity contribution in [2.75, 3.05) is 13.7 Å². The first-order valence-electron chi connectivity index (χ1n) is 7.47. The average molecular weight is 292 g/mol. The minimum absolute atomic E-state index is 0.345. The van der Waals surface area contributed by atoms with Crippen molar-refractivity contribution in [2.45, 2.75) is 52.2 Å². The second-order valence-electron chi connectivity index (χ2n) is 6.35. The van der Waals surface area contributed by atoms with Crippen LogP contribution in [0.15, 0.2) is 18.2 Å². The molecule has 21 heavy (non-hydrogen) atoms. The fourth-order valence-electron chi connectivity index (χ4n) is 2.14. The van der Waals surface area contributed by atoms with Gasteiger partial charge in [0.1, 0.15) is 0 Å². The molecule has 0 aliphatic carbocycles. The molecular weight excluding hydrogens is 267 g/mol. The summed E-state index contributed by atoms with van der Waals surface area (Å²) in [4.78, 5) is 0. The summed E-state index contributed by atoms with van der Waals surface area (Å²) in [6.45, 7) is 10.9. The maximum absolute atomic E-state index is 6.05. The van der Waals surface area contributed by atoms with Crippen LogP contribution in [0.2, 0.25) is 0 Å². The molecule has 0 spiro atoms. The van der Waals surface area contributed by atoms with Crippen molar-refractivity contribution in [1.82, 2.24) is 0 Å². The number of benzene rings is 1. The van der Waals surface area contributed by atoms with Gasteiger partial charge in [-0.05, 0) is 51.7 Å². The summed E-state index contributed by atoms with van der Waals surface area (Å²) in [6.07, 6.45) is 0.960. The van der Waals surface area contributed by atoms with E-state index >= 15 is 0 Å². The molecule has 4 nitrogen and oxygen atoms in total. The van der Waals surface area contributed by atoms with Gasteiger partial charge in [0.2, 0.25) is 0 Å². The van der Waals surface area contributed by atoms with Crippen molar-refractivity contribution in [3.8, 4) is 11.5 Å². The Balaban J connectivity index is 2.22. The monoisotopic (exact) mass is 292 g/mol. The lowest BCUT2D eigenvalue weighted by Crippen LogP contribution is -2.41. The van der Waals surface area contributed by atoms with E-state index in [1.165, 1.54) is 0 Å². The van der Waals surface area contributed by atoms with Crippen LogP contribution in [0.5, 0.6) is 11.5 Å². The van der Waals surface area contributed by atoms with E-state index in [0.717, 1.165) is 17.6 Å². The third-order valence-corrected chi connectivity index (χ3v) is 4.17. The molecular formula is C16H25BO4. The van der Waals surface area contributed by atoms with Gasteiger partial charge in [0.25, 0.3) is 0 Å². The van der Waals surface area contributed by atoms with Crippen molar-refractivity contribution in [1.29, 1.82) is 0 Å². The average Bonchev–Trinajstić information content (AvgIpc) is 2.65. The first-order chi connectivity index (χ1) is 9.80. The van der Waals surface area contributed by atoms with Gasteiger partial charge in [0.15, 0.2) is 11.5 Å². The van der Waals surface area contributed by atoms with Crippen molar-refractivity contribution in [3.63, 3.8) is 0 Å². The summed E-state index contributed by atoms with van der Waals surface area (Å²) >= 11 is 0. The van der Waals surface area contributed by atoms with Crippen LogP contribution >= 0.6 is 0 Å². The van der Waals surface area contributed by atoms with Crippen LogP contribution in [0, 0.1) is 0 Å². The molecule has 0 atom stereocenters. The second kappa shape index (κ2) is 5.89. The van der Waals surface area contributed by atoms with Crippen molar-refractivity contribution in [2.24, 2.45) is 0 Å². The van der Waals surface area contributed by atoms with Gasteiger partial charge in [0.05, 0.1) is 24.9 Å². The minimum Gasteiger partial charge on any atom is -0.493 e. The third kappa shape index (κ3) is 3.19. The SMILES string of the molecule is CCCOc1ccc(B2OC(C)(C)C(C)(C)O2)cc1OC. The summed E-state index contributed by atoms with van der Waals surface area (Å²) in [6, 6.07) is 5.80. The van der Waals surface area contributed by atoms with Gasteiger partial charge in [-0.2, -0.15) is 0 Å². The highest BCUT2D eigenvalue weighted by molar-refractivity contribution is 6.62. The standard InChI is InChI=1S/C16H25BO4/c1-7-10-19-13-9-8-12(11-14(13)18-6)17-20-15(2,3)16(4,5)21-17/h8-9,11H,7,10H2,1-6H3. The van der Waals surface area contributed by atoms with Crippen molar-refractivity contribution < 1.29 is 18.8 Å². The number of hydrogen-bond acceptors (Lipinski definition) is 4. The Morgan fingerprint density at radius 3 is 2.19 bits per heavy atom. The molecule has 0 N–H and O–H groups in total. The van der Waals surface area contributed by atoms with E-state index in [4.69, 9.17) is 18.8 Å². The molecule has 116 valence electrons. The zero-order valence-electron chi connectivity index (χ0n) is 13.9. The van der Waals surface area contributed by atoms with Crippen LogP contribution in [-0.4, -0.2) is 32.0 Å². The minimum atomic E-state index is -0.385. The van der Waals surface area contributed by atoms with Gasteiger partial charge in [-0.1, -0.05) is 13.0 Å². The molecule has 0 radical (unpaired) electrons. The molecule has 0 saturated carbocycles. The fraction of sp³-hybridized carbons (Fsp3) is 0.625. The molecule has 0 aromatic heterocycles. The Kier molecular flexibility index (Phi) is 4.54. The topological polar surface area (TPSA) is 36.9 Å². The second-order valence-corrected chi connectivity index (χ2v) is 6.35. The summed E-state index contributed by atoms with van der Waals surface area (Å²) in [5.41, 5.74) is 0.249. The summed E-state index contributed by atoms with van der Waals surface area (Å²) < 4.78 is 23.2. The van der Waals surface area contributed by atoms with Crippen LogP contribution in [0.4, 0.5) is 0 Å². The predicted molar refractivity (Wildman–Crippen MR) is 84.5 cm³/mol. The molecule has 1 aromatic carbocycles. The van der Waals surface area contributed by atoms with Gasteiger partial charge in [0, 0.05) is 0 Å². The summed E-state index contributed by atoms with van der Waals surface area (Å²) in [5, 5.41) is 0. The summed E-state index contributed by atoms with van der Waals surface area (Å²) in [7, 11) is 1.26. The molecule has 0 amide bonds. The van der Waals surface area contributed by atoms with E-state index in [1.807, 2.05) is 45.9 Å². The summed E-state index contributed by atoms with van der Waals surface area (Å²) in [5.74, 6) is 1.45. The third-order valence-electron chi connectivity index (χ3n) is 4.17. The van der Waals surface area contributed by atoms with Gasteiger partial charge in [-0.3, -0.25) is 0 Å². The van der Waals surface area contributed by atoms with Crippen LogP contribution in [0.1, 0.15) is 41.0 Å². The Morgan fingerprint density at radius 2 is 1.67 bits per heavy atom. The highest BCUT2D eigenvalue weighted by Gasteiger charge is 2.51. The van der Waals surface area contributed by atoms with Crippen LogP contribution < -0.4 is 14.9 Å². The maximum atomic E-state index is 6.05. The molecule has 1 aromatic rings. The normalized spacial score (nSPS) is 19.6. The number of ether oxygens (including phenoxy) is 2. The lowest BCUT2D eigenvalue weighted by molar-refractivity contribution is 0.00578. The van der Waals surface area contributed by atoms with E-state index in [0.29, 0.717) is 12.4 Å². The largest absolute Gasteiger partial charge is 0.494 e. The predicted octanol–water partition coefficient (Wildman–Crippen LogP) is 2.78. The molecule has 2 rings (SSSR count). The van der Waals surface area contributed by atoms with E-state index in [1.54, 1.807) is 7.11 Å². The molecule has 0 unspecified atom stereocenters. The molecule has 1 aliphatic rings. The Hall–Kier alpha value is -1.20. The molecule has 1 heterocycles. The molecule has 5 heteroatoms. The van der Waals surface area contributed by atoms with Crippen LogP contribution in [0.25, 0.3) is 0 Å². The zero-order chi connectivity index (χ0) is 15.7. The zero-order valence-corrected chi connectivity index (χ0v) is 13.9. The molecule has 0 bridgehead atoms. The van der Waals surface area contributed by atoms with Gasteiger partial charge >= 0.3 is 7.12 Å². The van der Waals surface area contributed by atoms with Crippen molar-refractivity contribution >= 4 is 12.6 Å². The molecule has 1 fully saturated rings. The Bertz CT molecular complexity index is 483. The van der Waals surface area contributed by atoms with Crippen LogP contribution in [-0.2, 0) is 9.31 Å². The molecule has 1 saturated heterocycles. The van der Waals surface area contributed by atoms with E-state index < -0.39 is 0 Å². The first kappa shape index (κ1) is 16.2. The van der Waals surface area contributed by atoms with Crippen molar-refractivity contribution in [3.05, 3.63) is 18.2 Å². The smallest absolute Gasteiger partial charge is 0.493 e. The van der Waals surface area contributed by atoms with Crippen LogP contribution in [0.3, 0.4) is 0 Å². The van der Waals surface area contributed by atoms with E-state index in [2.05, 4.69) is 6.92 Å². The van der Waals surface area contributed by atoms with Gasteiger partial charge in [-0.25, -0.2) is 0 Å². The van der Waals surface area contributed by atoms with Gasteiger partial charge in [-0.15, -0.1) is 0 Å². The fourth-order valence-corrected chi connectivity index (χ4v) is 2.14. The highest BCUT2D eigenvalue weighted by atomic mass is 16.7. The highest BCUT2D eigenvalue weighted by Crippen LogP contribution is 2.37. The lowest BCUT2D eigenvalue weighted by atomic mass is 9.79. The number of methoxy groups -OCH3 is 1. The number of rotatable bonds is 5. The quantitative estimate of drug-likeness (QED) is 0.782. The molecule has 1 aliphatic heterocycles. The van der Waals surface area contributed by atoms with E-state index in [9.17, 15) is 0 Å². The Labute approximate surface area is 127 Å². The Morgan fingerprint density at radius 1 is 1.05 bits per heavy atom. The maximum Gasteiger partial charge on any atom is 0.494 e.